The smallest absolute Gasteiger partial charge is 0.352 e. The second-order valence-electron chi connectivity index (χ2n) is 9.84. The molecule has 0 N–H and O–H groups in total. The molecule has 0 aromatic rings. The normalized spacial score (nSPS) is 36.6. The van der Waals surface area contributed by atoms with Gasteiger partial charge in [0.1, 0.15) is 5.83 Å². The maximum Gasteiger partial charge on any atom is 0.412 e. The van der Waals surface area contributed by atoms with Crippen LogP contribution in [0.3, 0.4) is 0 Å². The maximum absolute atomic E-state index is 13.8. The Morgan fingerprint density at radius 3 is 1.87 bits per heavy atom. The SMILES string of the molecule is CCCC1CCC(CCC2COC(C3CCC(/C(F)=C/C(F)(F)F)CC3)OC2)CC1. The van der Waals surface area contributed by atoms with Crippen LogP contribution in [0.1, 0.15) is 84.0 Å². The molecular formula is C24H38F4O2. The zero-order valence-corrected chi connectivity index (χ0v) is 18.3. The van der Waals surface area contributed by atoms with Crippen LogP contribution in [-0.4, -0.2) is 25.7 Å². The van der Waals surface area contributed by atoms with Gasteiger partial charge in [-0.3, -0.25) is 0 Å². The van der Waals surface area contributed by atoms with Gasteiger partial charge in [0.05, 0.1) is 19.3 Å². The van der Waals surface area contributed by atoms with Gasteiger partial charge in [0.25, 0.3) is 0 Å². The fraction of sp³-hybridized carbons (Fsp3) is 0.917. The molecular weight excluding hydrogens is 396 g/mol. The number of hydrogen-bond acceptors (Lipinski definition) is 2. The predicted molar refractivity (Wildman–Crippen MR) is 109 cm³/mol. The molecule has 0 spiro atoms. The lowest BCUT2D eigenvalue weighted by Crippen LogP contribution is -2.38. The first-order chi connectivity index (χ1) is 14.3. The third kappa shape index (κ3) is 7.51. The van der Waals surface area contributed by atoms with E-state index in [1.54, 1.807) is 0 Å². The monoisotopic (exact) mass is 434 g/mol. The molecule has 0 aromatic heterocycles. The molecule has 6 heteroatoms. The standard InChI is InChI=1S/C24H38F4O2/c1-2-3-17-4-6-18(7-5-17)8-9-19-15-29-23(30-16-19)21-12-10-20(11-13-21)22(25)14-24(26,27)28/h14,17-21,23H,2-13,15-16H2,1H3/b22-14-. The average molecular weight is 435 g/mol. The second kappa shape index (κ2) is 11.3. The van der Waals surface area contributed by atoms with Gasteiger partial charge in [-0.15, -0.1) is 0 Å². The van der Waals surface area contributed by atoms with Crippen molar-refractivity contribution in [2.24, 2.45) is 29.6 Å². The van der Waals surface area contributed by atoms with E-state index in [2.05, 4.69) is 6.92 Å². The van der Waals surface area contributed by atoms with Gasteiger partial charge in [0, 0.05) is 17.8 Å². The summed E-state index contributed by atoms with van der Waals surface area (Å²) in [5, 5.41) is 0. The van der Waals surface area contributed by atoms with Crippen molar-refractivity contribution in [2.75, 3.05) is 13.2 Å². The Kier molecular flexibility index (Phi) is 9.06. The lowest BCUT2D eigenvalue weighted by atomic mass is 9.77. The van der Waals surface area contributed by atoms with Gasteiger partial charge in [-0.2, -0.15) is 13.2 Å². The van der Waals surface area contributed by atoms with Crippen LogP contribution in [0, 0.1) is 29.6 Å². The van der Waals surface area contributed by atoms with Crippen LogP contribution in [0.15, 0.2) is 11.9 Å². The molecule has 1 aliphatic heterocycles. The zero-order valence-electron chi connectivity index (χ0n) is 18.3. The van der Waals surface area contributed by atoms with Crippen molar-refractivity contribution in [1.29, 1.82) is 0 Å². The Hall–Kier alpha value is -0.620. The van der Waals surface area contributed by atoms with Crippen molar-refractivity contribution in [3.05, 3.63) is 11.9 Å². The Labute approximate surface area is 178 Å². The summed E-state index contributed by atoms with van der Waals surface area (Å²) in [6.07, 6.45) is 7.71. The molecule has 3 aliphatic rings. The summed E-state index contributed by atoms with van der Waals surface area (Å²) in [5.41, 5.74) is 0. The van der Waals surface area contributed by atoms with E-state index in [0.29, 0.717) is 44.8 Å². The van der Waals surface area contributed by atoms with Crippen molar-refractivity contribution in [1.82, 2.24) is 0 Å². The van der Waals surface area contributed by atoms with E-state index in [1.807, 2.05) is 0 Å². The number of halogens is 4. The van der Waals surface area contributed by atoms with Gasteiger partial charge in [-0.25, -0.2) is 4.39 Å². The summed E-state index contributed by atoms with van der Waals surface area (Å²) in [6.45, 7) is 3.69. The summed E-state index contributed by atoms with van der Waals surface area (Å²) < 4.78 is 62.8. The Morgan fingerprint density at radius 1 is 0.800 bits per heavy atom. The molecule has 0 radical (unpaired) electrons. The molecule has 1 heterocycles. The van der Waals surface area contributed by atoms with Crippen LogP contribution in [0.25, 0.3) is 0 Å². The summed E-state index contributed by atoms with van der Waals surface area (Å²) >= 11 is 0. The third-order valence-corrected chi connectivity index (χ3v) is 7.49. The number of rotatable bonds is 7. The first-order valence-corrected chi connectivity index (χ1v) is 12.0. The molecule has 0 unspecified atom stereocenters. The van der Waals surface area contributed by atoms with Crippen LogP contribution >= 0.6 is 0 Å². The van der Waals surface area contributed by atoms with Gasteiger partial charge in [0.15, 0.2) is 6.29 Å². The minimum Gasteiger partial charge on any atom is -0.352 e. The van der Waals surface area contributed by atoms with Crippen LogP contribution in [0.2, 0.25) is 0 Å². The third-order valence-electron chi connectivity index (χ3n) is 7.49. The maximum atomic E-state index is 13.8. The molecule has 0 aromatic carbocycles. The fourth-order valence-corrected chi connectivity index (χ4v) is 5.63. The first kappa shape index (κ1) is 24.0. The summed E-state index contributed by atoms with van der Waals surface area (Å²) in [6, 6.07) is 0. The van der Waals surface area contributed by atoms with Crippen LogP contribution < -0.4 is 0 Å². The molecule has 1 saturated heterocycles. The topological polar surface area (TPSA) is 18.5 Å². The summed E-state index contributed by atoms with van der Waals surface area (Å²) in [5.74, 6) is 0.751. The van der Waals surface area contributed by atoms with Crippen LogP contribution in [0.4, 0.5) is 17.6 Å². The van der Waals surface area contributed by atoms with E-state index in [0.717, 1.165) is 18.3 Å². The highest BCUT2D eigenvalue weighted by atomic mass is 19.4. The van der Waals surface area contributed by atoms with E-state index in [9.17, 15) is 17.6 Å². The van der Waals surface area contributed by atoms with Crippen molar-refractivity contribution in [2.45, 2.75) is 96.4 Å². The van der Waals surface area contributed by atoms with Crippen LogP contribution in [-0.2, 0) is 9.47 Å². The number of hydrogen-bond donors (Lipinski definition) is 0. The van der Waals surface area contributed by atoms with E-state index in [1.165, 1.54) is 44.9 Å². The average Bonchev–Trinajstić information content (AvgIpc) is 2.73. The first-order valence-electron chi connectivity index (χ1n) is 12.0. The highest BCUT2D eigenvalue weighted by Crippen LogP contribution is 2.39. The second-order valence-corrected chi connectivity index (χ2v) is 9.84. The molecule has 3 fully saturated rings. The summed E-state index contributed by atoms with van der Waals surface area (Å²) in [7, 11) is 0. The highest BCUT2D eigenvalue weighted by molar-refractivity contribution is 5.03. The number of ether oxygens (including phenoxy) is 2. The van der Waals surface area contributed by atoms with Gasteiger partial charge in [0.2, 0.25) is 0 Å². The largest absolute Gasteiger partial charge is 0.412 e. The minimum atomic E-state index is -4.58. The molecule has 0 bridgehead atoms. The van der Waals surface area contributed by atoms with E-state index >= 15 is 0 Å². The Morgan fingerprint density at radius 2 is 1.33 bits per heavy atom. The predicted octanol–water partition coefficient (Wildman–Crippen LogP) is 7.58. The van der Waals surface area contributed by atoms with E-state index < -0.39 is 17.9 Å². The van der Waals surface area contributed by atoms with Gasteiger partial charge in [-0.1, -0.05) is 51.9 Å². The molecule has 174 valence electrons. The molecule has 0 atom stereocenters. The Bertz CT molecular complexity index is 524. The van der Waals surface area contributed by atoms with Gasteiger partial charge in [-0.05, 0) is 43.9 Å². The minimum absolute atomic E-state index is 0.162. The zero-order chi connectivity index (χ0) is 21.6. The molecule has 3 rings (SSSR count). The molecule has 0 amide bonds. The van der Waals surface area contributed by atoms with E-state index in [4.69, 9.17) is 9.47 Å². The molecule has 2 saturated carbocycles. The van der Waals surface area contributed by atoms with Gasteiger partial charge < -0.3 is 9.47 Å². The van der Waals surface area contributed by atoms with Crippen LogP contribution in [0.5, 0.6) is 0 Å². The summed E-state index contributed by atoms with van der Waals surface area (Å²) in [4.78, 5) is 0. The van der Waals surface area contributed by atoms with E-state index in [-0.39, 0.29) is 18.3 Å². The van der Waals surface area contributed by atoms with Crippen molar-refractivity contribution in [3.8, 4) is 0 Å². The Balaban J connectivity index is 1.31. The quantitative estimate of drug-likeness (QED) is 0.384. The lowest BCUT2D eigenvalue weighted by molar-refractivity contribution is -0.230. The van der Waals surface area contributed by atoms with Gasteiger partial charge >= 0.3 is 6.18 Å². The van der Waals surface area contributed by atoms with Crippen molar-refractivity contribution >= 4 is 0 Å². The van der Waals surface area contributed by atoms with Crippen molar-refractivity contribution in [3.63, 3.8) is 0 Å². The highest BCUT2D eigenvalue weighted by Gasteiger charge is 2.35. The molecule has 2 nitrogen and oxygen atoms in total. The van der Waals surface area contributed by atoms with Crippen molar-refractivity contribution < 1.29 is 27.0 Å². The number of allylic oxidation sites excluding steroid dienone is 2. The molecule has 2 aliphatic carbocycles. The fourth-order valence-electron chi connectivity index (χ4n) is 5.63. The lowest BCUT2D eigenvalue weighted by Gasteiger charge is -2.38. The molecule has 30 heavy (non-hydrogen) atoms. The number of alkyl halides is 3.